The molecule has 13 heteroatoms. The van der Waals surface area contributed by atoms with Gasteiger partial charge in [-0.2, -0.15) is 0 Å². The number of fused-ring (bicyclic) bond motifs is 2. The van der Waals surface area contributed by atoms with Crippen molar-refractivity contribution in [3.05, 3.63) is 47.1 Å². The first-order chi connectivity index (χ1) is 21.2. The van der Waals surface area contributed by atoms with Crippen molar-refractivity contribution in [2.24, 2.45) is 17.6 Å². The van der Waals surface area contributed by atoms with Crippen molar-refractivity contribution in [2.45, 2.75) is 77.5 Å². The molecule has 45 heavy (non-hydrogen) atoms. The maximum absolute atomic E-state index is 13.0. The van der Waals surface area contributed by atoms with Crippen LogP contribution in [0.3, 0.4) is 0 Å². The number of hydrogen-bond acceptors (Lipinski definition) is 11. The summed E-state index contributed by atoms with van der Waals surface area (Å²) in [4.78, 5) is 24.8. The van der Waals surface area contributed by atoms with E-state index in [2.05, 4.69) is 10.6 Å². The first-order valence-electron chi connectivity index (χ1n) is 14.9. The molecule has 0 fully saturated rings. The molecule has 2 amide bonds. The third-order valence-electron chi connectivity index (χ3n) is 7.83. The number of carbonyl (C=O) groups is 2. The number of aliphatic hydroxyl groups is 3. The van der Waals surface area contributed by atoms with Gasteiger partial charge in [0.25, 0.3) is 5.91 Å². The lowest BCUT2D eigenvalue weighted by atomic mass is 9.87. The minimum atomic E-state index is -1.12. The molecule has 13 nitrogen and oxygen atoms in total. The number of primary amides is 1. The van der Waals surface area contributed by atoms with Crippen molar-refractivity contribution >= 4 is 23.4 Å². The molecule has 2 rings (SSSR count). The fourth-order valence-electron chi connectivity index (χ4n) is 5.20. The Labute approximate surface area is 264 Å². The number of hydrogen-bond donors (Lipinski definition) is 8. The van der Waals surface area contributed by atoms with Gasteiger partial charge in [-0.25, -0.2) is 4.79 Å². The summed E-state index contributed by atoms with van der Waals surface area (Å²) in [6.45, 7) is 6.40. The molecule has 7 atom stereocenters. The summed E-state index contributed by atoms with van der Waals surface area (Å²) < 4.78 is 16.6. The van der Waals surface area contributed by atoms with Crippen LogP contribution in [0.2, 0.25) is 0 Å². The van der Waals surface area contributed by atoms with Gasteiger partial charge in [-0.1, -0.05) is 38.2 Å². The first-order valence-corrected chi connectivity index (χ1v) is 14.9. The van der Waals surface area contributed by atoms with Crippen LogP contribution in [0.1, 0.15) is 46.1 Å². The van der Waals surface area contributed by atoms with Crippen molar-refractivity contribution < 1.29 is 49.3 Å². The molecule has 0 saturated heterocycles. The van der Waals surface area contributed by atoms with Crippen LogP contribution in [-0.2, 0) is 25.4 Å². The van der Waals surface area contributed by atoms with Crippen molar-refractivity contribution in [3.63, 3.8) is 0 Å². The second-order valence-electron chi connectivity index (χ2n) is 11.6. The lowest BCUT2D eigenvalue weighted by molar-refractivity contribution is -0.112. The number of aliphatic hydroxyl groups excluding tert-OH is 3. The lowest BCUT2D eigenvalue weighted by Gasteiger charge is -2.29. The first kappa shape index (κ1) is 37.6. The zero-order valence-corrected chi connectivity index (χ0v) is 26.8. The van der Waals surface area contributed by atoms with E-state index in [4.69, 9.17) is 19.9 Å². The molecule has 1 aromatic carbocycles. The Kier molecular flexibility index (Phi) is 14.8. The molecule has 1 aliphatic rings. The maximum atomic E-state index is 13.0. The van der Waals surface area contributed by atoms with E-state index in [-0.39, 0.29) is 59.3 Å². The SMILES string of the molecule is COC1/C=C\C=C(/C)C(=O)Nc2cc(O)c(NCC(O)CO)c(c2O)CC(C)CC(OC)[C@H](O)[C@@H](C)/C=C(\C)C(OC(N)=O)C1. The van der Waals surface area contributed by atoms with Crippen LogP contribution >= 0.6 is 0 Å². The average molecular weight is 636 g/mol. The number of benzene rings is 1. The predicted molar refractivity (Wildman–Crippen MR) is 170 cm³/mol. The van der Waals surface area contributed by atoms with Crippen molar-refractivity contribution in [2.75, 3.05) is 38.0 Å². The number of methoxy groups -OCH3 is 2. The van der Waals surface area contributed by atoms with Crippen molar-refractivity contribution in [1.29, 1.82) is 0 Å². The van der Waals surface area contributed by atoms with Gasteiger partial charge >= 0.3 is 6.09 Å². The fraction of sp³-hybridized carbons (Fsp3) is 0.562. The second-order valence-corrected chi connectivity index (χ2v) is 11.6. The zero-order valence-electron chi connectivity index (χ0n) is 26.8. The number of ether oxygens (including phenoxy) is 3. The quantitative estimate of drug-likeness (QED) is 0.124. The highest BCUT2D eigenvalue weighted by atomic mass is 16.6. The molecule has 1 heterocycles. The van der Waals surface area contributed by atoms with Crippen LogP contribution in [0.5, 0.6) is 11.5 Å². The molecule has 0 aromatic heterocycles. The Bertz CT molecular complexity index is 1250. The van der Waals surface area contributed by atoms with Gasteiger partial charge in [0.2, 0.25) is 0 Å². The Morgan fingerprint density at radius 1 is 1.18 bits per heavy atom. The molecule has 252 valence electrons. The monoisotopic (exact) mass is 635 g/mol. The smallest absolute Gasteiger partial charge is 0.405 e. The summed E-state index contributed by atoms with van der Waals surface area (Å²) in [7, 11) is 2.97. The highest BCUT2D eigenvalue weighted by molar-refractivity contribution is 6.04. The molecular formula is C32H49N3O10. The highest BCUT2D eigenvalue weighted by Crippen LogP contribution is 2.42. The number of phenols is 2. The van der Waals surface area contributed by atoms with Crippen molar-refractivity contribution in [3.8, 4) is 11.5 Å². The minimum Gasteiger partial charge on any atom is -0.506 e. The summed E-state index contributed by atoms with van der Waals surface area (Å²) in [5, 5.41) is 58.1. The van der Waals surface area contributed by atoms with Crippen LogP contribution in [0.15, 0.2) is 41.5 Å². The molecule has 0 saturated carbocycles. The van der Waals surface area contributed by atoms with Gasteiger partial charge in [-0.05, 0) is 38.2 Å². The summed E-state index contributed by atoms with van der Waals surface area (Å²) in [6.07, 6.45) is 2.39. The van der Waals surface area contributed by atoms with Crippen LogP contribution in [0, 0.1) is 11.8 Å². The van der Waals surface area contributed by atoms with Gasteiger partial charge in [0, 0.05) is 50.3 Å². The zero-order chi connectivity index (χ0) is 33.8. The van der Waals surface area contributed by atoms with E-state index in [0.29, 0.717) is 12.0 Å². The van der Waals surface area contributed by atoms with Gasteiger partial charge in [0.1, 0.15) is 17.6 Å². The highest BCUT2D eigenvalue weighted by Gasteiger charge is 2.29. The van der Waals surface area contributed by atoms with E-state index in [1.807, 2.05) is 13.8 Å². The van der Waals surface area contributed by atoms with Gasteiger partial charge in [-0.3, -0.25) is 4.79 Å². The normalized spacial score (nSPS) is 29.2. The molecule has 9 N–H and O–H groups in total. The number of aromatic hydroxyl groups is 2. The molecule has 0 radical (unpaired) electrons. The summed E-state index contributed by atoms with van der Waals surface area (Å²) in [6, 6.07) is 1.20. The van der Waals surface area contributed by atoms with Gasteiger partial charge < -0.3 is 56.1 Å². The van der Waals surface area contributed by atoms with Crippen LogP contribution < -0.4 is 16.4 Å². The summed E-state index contributed by atoms with van der Waals surface area (Å²) in [5.74, 6) is -1.77. The lowest BCUT2D eigenvalue weighted by Crippen LogP contribution is -2.35. The van der Waals surface area contributed by atoms with E-state index in [0.717, 1.165) is 0 Å². The number of carbonyl (C=O) groups excluding carboxylic acids is 2. The van der Waals surface area contributed by atoms with Gasteiger partial charge in [0.15, 0.2) is 0 Å². The number of nitrogens with one attached hydrogen (secondary N) is 2. The summed E-state index contributed by atoms with van der Waals surface area (Å²) >= 11 is 0. The number of rotatable bonds is 7. The van der Waals surface area contributed by atoms with Gasteiger partial charge in [0.05, 0.1) is 42.4 Å². The van der Waals surface area contributed by atoms with E-state index < -0.39 is 55.0 Å². The van der Waals surface area contributed by atoms with E-state index in [1.165, 1.54) is 20.3 Å². The third kappa shape index (κ3) is 11.0. The maximum Gasteiger partial charge on any atom is 0.405 e. The Morgan fingerprint density at radius 2 is 1.87 bits per heavy atom. The number of anilines is 2. The largest absolute Gasteiger partial charge is 0.506 e. The van der Waals surface area contributed by atoms with Crippen LogP contribution in [0.25, 0.3) is 0 Å². The number of amides is 2. The Morgan fingerprint density at radius 3 is 2.47 bits per heavy atom. The Balaban J connectivity index is 2.63. The van der Waals surface area contributed by atoms with Crippen LogP contribution in [-0.4, -0.2) is 95.4 Å². The van der Waals surface area contributed by atoms with Crippen LogP contribution in [0.4, 0.5) is 16.2 Å². The molecule has 0 aliphatic carbocycles. The van der Waals surface area contributed by atoms with E-state index in [1.54, 1.807) is 38.2 Å². The molecule has 0 spiro atoms. The molecule has 1 aromatic rings. The van der Waals surface area contributed by atoms with Gasteiger partial charge in [-0.15, -0.1) is 0 Å². The molecular weight excluding hydrogens is 586 g/mol. The average Bonchev–Trinajstić information content (AvgIpc) is 2.99. The standard InChI is InChI=1S/C32H49N3O10/c1-17-10-23-28(34-15-21(37)16-36)25(38)14-24(30(23)40)35-31(41)18(2)8-7-9-22(43-5)13-26(45-32(33)42)19(3)12-20(4)29(39)27(11-17)44-6/h7-9,12,14,17,20-22,26-27,29,34,36-40H,10-11,13,15-16H2,1-6H3,(H2,33,42)(H,35,41)/b9-7-,18-8+,19-12+/t17?,20-,21?,22?,26?,27?,29+/m0/s1. The van der Waals surface area contributed by atoms with E-state index >= 15 is 0 Å². The predicted octanol–water partition coefficient (Wildman–Crippen LogP) is 2.71. The molecule has 1 aliphatic heterocycles. The fourth-order valence-corrected chi connectivity index (χ4v) is 5.20. The second kappa shape index (κ2) is 17.8. The topological polar surface area (TPSA) is 213 Å². The number of phenolic OH excluding ortho intramolecular Hbond substituents is 2. The Hall–Kier alpha value is -3.62. The molecule has 5 unspecified atom stereocenters. The number of nitrogens with two attached hydrogens (primary N) is 1. The van der Waals surface area contributed by atoms with Crippen molar-refractivity contribution in [1.82, 2.24) is 0 Å². The third-order valence-corrected chi connectivity index (χ3v) is 7.83. The minimum absolute atomic E-state index is 0.0298. The molecule has 2 bridgehead atoms. The summed E-state index contributed by atoms with van der Waals surface area (Å²) in [5.41, 5.74) is 6.65. The van der Waals surface area contributed by atoms with E-state index in [9.17, 15) is 35.1 Å². The number of allylic oxidation sites excluding steroid dienone is 2.